The largest absolute Gasteiger partial charge is 0.465 e. The number of H-pyrrole nitrogens is 1. The Morgan fingerprint density at radius 1 is 1.22 bits per heavy atom. The Kier molecular flexibility index (Phi) is 5.26. The minimum Gasteiger partial charge on any atom is -0.465 e. The highest BCUT2D eigenvalue weighted by Gasteiger charge is 2.14. The number of hydrogen-bond acceptors (Lipinski definition) is 7. The fourth-order valence-electron chi connectivity index (χ4n) is 2.41. The van der Waals surface area contributed by atoms with Gasteiger partial charge in [-0.3, -0.25) is 19.0 Å². The van der Waals surface area contributed by atoms with Gasteiger partial charge in [-0.05, 0) is 38.1 Å². The summed E-state index contributed by atoms with van der Waals surface area (Å²) >= 11 is 1.21. The first-order valence-electron chi connectivity index (χ1n) is 7.96. The normalized spacial score (nSPS) is 10.8. The van der Waals surface area contributed by atoms with Crippen LogP contribution in [0.3, 0.4) is 0 Å². The topological polar surface area (TPSA) is 118 Å². The summed E-state index contributed by atoms with van der Waals surface area (Å²) in [6.45, 7) is 3.51. The second kappa shape index (κ2) is 7.62. The molecule has 3 rings (SSSR count). The molecule has 0 saturated carbocycles. The molecule has 2 heterocycles. The average Bonchev–Trinajstić information content (AvgIpc) is 3.07. The Hall–Kier alpha value is -3.14. The van der Waals surface area contributed by atoms with E-state index in [-0.39, 0.29) is 17.2 Å². The number of carbonyl (C=O) groups excluding carboxylic acids is 2. The predicted molar refractivity (Wildman–Crippen MR) is 100 cm³/mol. The third-order valence-corrected chi connectivity index (χ3v) is 4.93. The molecule has 0 bridgehead atoms. The Balaban J connectivity index is 1.68. The van der Waals surface area contributed by atoms with Crippen LogP contribution in [-0.2, 0) is 9.53 Å². The zero-order valence-corrected chi connectivity index (χ0v) is 15.7. The Labute approximate surface area is 158 Å². The first-order valence-corrected chi connectivity index (χ1v) is 8.95. The van der Waals surface area contributed by atoms with Crippen molar-refractivity contribution in [3.05, 3.63) is 51.4 Å². The van der Waals surface area contributed by atoms with Gasteiger partial charge in [0.05, 0.1) is 18.4 Å². The van der Waals surface area contributed by atoms with Crippen molar-refractivity contribution in [1.82, 2.24) is 19.6 Å². The maximum Gasteiger partial charge on any atom is 0.337 e. The lowest BCUT2D eigenvalue weighted by molar-refractivity contribution is -0.113. The van der Waals surface area contributed by atoms with E-state index < -0.39 is 5.97 Å². The number of fused-ring (bicyclic) bond motifs is 1. The number of nitrogens with one attached hydrogen (secondary N) is 2. The summed E-state index contributed by atoms with van der Waals surface area (Å²) in [5.74, 6) is -0.228. The number of amides is 1. The number of hydrogen-bond donors (Lipinski definition) is 2. The second-order valence-electron chi connectivity index (χ2n) is 5.71. The molecule has 2 N–H and O–H groups in total. The van der Waals surface area contributed by atoms with Crippen molar-refractivity contribution in [2.45, 2.75) is 19.0 Å². The molecule has 1 aromatic carbocycles. The van der Waals surface area contributed by atoms with E-state index >= 15 is 0 Å². The molecule has 27 heavy (non-hydrogen) atoms. The van der Waals surface area contributed by atoms with Gasteiger partial charge >= 0.3 is 5.97 Å². The third kappa shape index (κ3) is 3.85. The Bertz CT molecular complexity index is 1070. The number of anilines is 1. The van der Waals surface area contributed by atoms with Crippen LogP contribution in [0, 0.1) is 13.8 Å². The summed E-state index contributed by atoms with van der Waals surface area (Å²) in [5.41, 5.74) is 2.05. The molecule has 3 aromatic rings. The van der Waals surface area contributed by atoms with Gasteiger partial charge in [0.1, 0.15) is 0 Å². The van der Waals surface area contributed by atoms with Crippen molar-refractivity contribution in [3.63, 3.8) is 0 Å². The second-order valence-corrected chi connectivity index (χ2v) is 6.65. The quantitative estimate of drug-likeness (QED) is 0.504. The lowest BCUT2D eigenvalue weighted by Crippen LogP contribution is -2.16. The molecule has 9 nitrogen and oxygen atoms in total. The van der Waals surface area contributed by atoms with E-state index in [1.165, 1.54) is 18.9 Å². The lowest BCUT2D eigenvalue weighted by atomic mass is 10.2. The van der Waals surface area contributed by atoms with E-state index in [0.717, 1.165) is 5.69 Å². The van der Waals surface area contributed by atoms with E-state index in [9.17, 15) is 14.4 Å². The molecule has 0 atom stereocenters. The number of nitrogens with zero attached hydrogens (tertiary/aromatic N) is 3. The smallest absolute Gasteiger partial charge is 0.337 e. The molecule has 0 saturated heterocycles. The highest BCUT2D eigenvalue weighted by molar-refractivity contribution is 7.99. The number of aryl methyl sites for hydroxylation is 1. The first kappa shape index (κ1) is 18.6. The van der Waals surface area contributed by atoms with Crippen LogP contribution >= 0.6 is 11.8 Å². The van der Waals surface area contributed by atoms with Gasteiger partial charge in [-0.2, -0.15) is 0 Å². The zero-order chi connectivity index (χ0) is 19.6. The minimum absolute atomic E-state index is 0.108. The van der Waals surface area contributed by atoms with Crippen LogP contribution in [-0.4, -0.2) is 44.3 Å². The molecule has 0 aliphatic rings. The average molecular weight is 387 g/mol. The van der Waals surface area contributed by atoms with Crippen molar-refractivity contribution in [2.75, 3.05) is 18.2 Å². The Morgan fingerprint density at radius 2 is 1.93 bits per heavy atom. The van der Waals surface area contributed by atoms with Gasteiger partial charge in [0.15, 0.2) is 5.16 Å². The number of esters is 1. The van der Waals surface area contributed by atoms with Crippen LogP contribution in [0.1, 0.15) is 21.6 Å². The highest BCUT2D eigenvalue weighted by atomic mass is 32.2. The molecule has 140 valence electrons. The first-order chi connectivity index (χ1) is 12.9. The Morgan fingerprint density at radius 3 is 2.59 bits per heavy atom. The van der Waals surface area contributed by atoms with Crippen LogP contribution in [0.2, 0.25) is 0 Å². The minimum atomic E-state index is -0.439. The SMILES string of the molecule is COC(=O)c1ccc(NC(=O)CSc2nnc3[nH]c(=O)c(C)c(C)n23)cc1. The molecular weight excluding hydrogens is 370 g/mol. The third-order valence-electron chi connectivity index (χ3n) is 4.00. The summed E-state index contributed by atoms with van der Waals surface area (Å²) in [7, 11) is 1.31. The summed E-state index contributed by atoms with van der Waals surface area (Å²) in [5, 5.41) is 11.2. The van der Waals surface area contributed by atoms with Crippen molar-refractivity contribution < 1.29 is 14.3 Å². The fraction of sp³-hybridized carbons (Fsp3) is 0.235. The molecule has 0 aliphatic carbocycles. The van der Waals surface area contributed by atoms with Gasteiger partial charge in [0.2, 0.25) is 11.7 Å². The molecular formula is C17H17N5O4S. The number of aromatic amines is 1. The van der Waals surface area contributed by atoms with Gasteiger partial charge < -0.3 is 10.1 Å². The van der Waals surface area contributed by atoms with Crippen LogP contribution in [0.25, 0.3) is 5.78 Å². The maximum absolute atomic E-state index is 12.2. The number of carbonyl (C=O) groups is 2. The molecule has 0 spiro atoms. The molecule has 0 radical (unpaired) electrons. The van der Waals surface area contributed by atoms with Gasteiger partial charge in [-0.15, -0.1) is 10.2 Å². The van der Waals surface area contributed by atoms with Crippen LogP contribution in [0.4, 0.5) is 5.69 Å². The van der Waals surface area contributed by atoms with Crippen molar-refractivity contribution >= 4 is 35.1 Å². The molecule has 10 heteroatoms. The summed E-state index contributed by atoms with van der Waals surface area (Å²) in [4.78, 5) is 38.0. The molecule has 2 aromatic heterocycles. The number of thioether (sulfide) groups is 1. The molecule has 0 aliphatic heterocycles. The summed E-state index contributed by atoms with van der Waals surface area (Å²) in [6.07, 6.45) is 0. The number of benzene rings is 1. The van der Waals surface area contributed by atoms with E-state index in [4.69, 9.17) is 0 Å². The zero-order valence-electron chi connectivity index (χ0n) is 14.9. The summed E-state index contributed by atoms with van der Waals surface area (Å²) in [6, 6.07) is 6.39. The number of methoxy groups -OCH3 is 1. The standard InChI is InChI=1S/C17H17N5O4S/c1-9-10(2)22-16(19-14(9)24)20-21-17(22)27-8-13(23)18-12-6-4-11(5-7-12)15(25)26-3/h4-7H,8H2,1-3H3,(H,18,23)(H,19,20,24). The van der Waals surface area contributed by atoms with Crippen LogP contribution < -0.4 is 10.9 Å². The predicted octanol–water partition coefficient (Wildman–Crippen LogP) is 1.55. The maximum atomic E-state index is 12.2. The van der Waals surface area contributed by atoms with Gasteiger partial charge in [-0.25, -0.2) is 4.79 Å². The van der Waals surface area contributed by atoms with Gasteiger partial charge in [-0.1, -0.05) is 11.8 Å². The van der Waals surface area contributed by atoms with E-state index in [1.54, 1.807) is 42.5 Å². The van der Waals surface area contributed by atoms with E-state index in [1.807, 2.05) is 0 Å². The molecule has 0 unspecified atom stereocenters. The van der Waals surface area contributed by atoms with Crippen molar-refractivity contribution in [1.29, 1.82) is 0 Å². The van der Waals surface area contributed by atoms with E-state index in [2.05, 4.69) is 25.2 Å². The summed E-state index contributed by atoms with van der Waals surface area (Å²) < 4.78 is 6.34. The van der Waals surface area contributed by atoms with Crippen molar-refractivity contribution in [2.24, 2.45) is 0 Å². The number of ether oxygens (including phenoxy) is 1. The van der Waals surface area contributed by atoms with Crippen molar-refractivity contribution in [3.8, 4) is 0 Å². The lowest BCUT2D eigenvalue weighted by Gasteiger charge is -2.07. The van der Waals surface area contributed by atoms with Gasteiger partial charge in [0, 0.05) is 16.9 Å². The molecule has 0 fully saturated rings. The van der Waals surface area contributed by atoms with Crippen LogP contribution in [0.5, 0.6) is 0 Å². The van der Waals surface area contributed by atoms with Crippen LogP contribution in [0.15, 0.2) is 34.2 Å². The molecule has 1 amide bonds. The highest BCUT2D eigenvalue weighted by Crippen LogP contribution is 2.19. The fourth-order valence-corrected chi connectivity index (χ4v) is 3.19. The van der Waals surface area contributed by atoms with Gasteiger partial charge in [0.25, 0.3) is 5.56 Å². The monoisotopic (exact) mass is 387 g/mol. The van der Waals surface area contributed by atoms with E-state index in [0.29, 0.717) is 27.7 Å². The number of rotatable bonds is 5. The number of aromatic nitrogens is 4.